The Morgan fingerprint density at radius 3 is 1.03 bits per heavy atom. The Bertz CT molecular complexity index is 1270. The first-order valence-corrected chi connectivity index (χ1v) is 17.6. The van der Waals surface area contributed by atoms with Crippen LogP contribution in [-0.2, 0) is 10.3 Å². The second-order valence-corrected chi connectivity index (χ2v) is 20.0. The van der Waals surface area contributed by atoms with Crippen molar-refractivity contribution in [3.63, 3.8) is 0 Å². The van der Waals surface area contributed by atoms with Gasteiger partial charge in [0, 0.05) is 0 Å². The van der Waals surface area contributed by atoms with Gasteiger partial charge in [-0.15, -0.1) is 0 Å². The molecule has 3 heteroatoms. The summed E-state index contributed by atoms with van der Waals surface area (Å²) in [5.41, 5.74) is 0.503. The van der Waals surface area contributed by atoms with Crippen LogP contribution in [0.4, 0.5) is 4.39 Å². The molecule has 0 saturated carbocycles. The number of halogens is 1. The van der Waals surface area contributed by atoms with E-state index in [1.165, 1.54) is 0 Å². The molecule has 0 amide bonds. The molecule has 0 bridgehead atoms. The first-order valence-electron chi connectivity index (χ1n) is 11.9. The van der Waals surface area contributed by atoms with Gasteiger partial charge in [0.15, 0.2) is 0 Å². The van der Waals surface area contributed by atoms with E-state index in [1.54, 1.807) is 0 Å². The minimum absolute atomic E-state index is 0.845. The number of hydrogen-bond acceptors (Lipinski definition) is 1. The maximum atomic E-state index is 18.4. The van der Waals surface area contributed by atoms with Crippen LogP contribution in [-0.4, -0.2) is 22.2 Å². The van der Waals surface area contributed by atoms with E-state index in [0.717, 1.165) is 21.9 Å². The van der Waals surface area contributed by atoms with Gasteiger partial charge in [0.05, 0.1) is 0 Å². The van der Waals surface area contributed by atoms with E-state index in [2.05, 4.69) is 36.4 Å². The number of alkyl halides is 1. The van der Waals surface area contributed by atoms with Crippen molar-refractivity contribution in [1.82, 2.24) is 0 Å². The van der Waals surface area contributed by atoms with Crippen LogP contribution in [0.1, 0.15) is 11.1 Å². The molecule has 5 aromatic carbocycles. The Hall–Kier alpha value is -3.21. The average molecular weight is 563 g/mol. The summed E-state index contributed by atoms with van der Waals surface area (Å²) in [5.74, 6) is 0. The van der Waals surface area contributed by atoms with E-state index in [9.17, 15) is 0 Å². The van der Waals surface area contributed by atoms with Crippen molar-refractivity contribution in [3.8, 4) is 0 Å². The predicted octanol–water partition coefficient (Wildman–Crippen LogP) is 5.34. The molecule has 6 rings (SSSR count). The van der Waals surface area contributed by atoms with Gasteiger partial charge in [-0.2, -0.15) is 0 Å². The van der Waals surface area contributed by atoms with E-state index in [0.29, 0.717) is 0 Å². The number of rotatable bonds is 6. The van der Waals surface area contributed by atoms with Gasteiger partial charge in [-0.1, -0.05) is 0 Å². The summed E-state index contributed by atoms with van der Waals surface area (Å²) in [6.45, 7) is 0. The van der Waals surface area contributed by atoms with Crippen LogP contribution < -0.4 is 10.7 Å². The van der Waals surface area contributed by atoms with Crippen LogP contribution >= 0.6 is 0 Å². The van der Waals surface area contributed by atoms with Gasteiger partial charge in [-0.25, -0.2) is 0 Å². The summed E-state index contributed by atoms with van der Waals surface area (Å²) in [6.07, 6.45) is 0. The molecule has 1 heterocycles. The third-order valence-electron chi connectivity index (χ3n) is 7.17. The van der Waals surface area contributed by atoms with Crippen LogP contribution in [0.5, 0.6) is 0 Å². The topological polar surface area (TPSA) is 12.5 Å². The fourth-order valence-corrected chi connectivity index (χ4v) is 20.8. The monoisotopic (exact) mass is 564 g/mol. The molecule has 5 aromatic rings. The zero-order valence-corrected chi connectivity index (χ0v) is 22.1. The molecule has 0 aliphatic carbocycles. The Morgan fingerprint density at radius 2 is 0.714 bits per heavy atom. The van der Waals surface area contributed by atoms with Crippen LogP contribution in [0.3, 0.4) is 0 Å². The molecule has 1 saturated heterocycles. The van der Waals surface area contributed by atoms with Crippen LogP contribution in [0.2, 0.25) is 0 Å². The summed E-state index contributed by atoms with van der Waals surface area (Å²) in [4.78, 5) is 0. The van der Waals surface area contributed by atoms with Gasteiger partial charge < -0.3 is 0 Å². The normalized spacial score (nSPS) is 18.7. The quantitative estimate of drug-likeness (QED) is 0.201. The molecule has 1 atom stereocenters. The molecule has 0 radical (unpaired) electrons. The summed E-state index contributed by atoms with van der Waals surface area (Å²) < 4.78 is 26.3. The number of epoxide rings is 1. The number of ether oxygens (including phenoxy) is 1. The molecular weight excluding hydrogens is 538 g/mol. The SMILES string of the molecule is F[C]1([Sn]([c]2ccccc2)([c]2ccccc2)[c]2ccccc2)OC1(c1ccccc1)c1ccccc1. The van der Waals surface area contributed by atoms with E-state index >= 15 is 4.39 Å². The molecule has 0 aromatic heterocycles. The van der Waals surface area contributed by atoms with Crippen LogP contribution in [0.25, 0.3) is 0 Å². The minimum atomic E-state index is -4.52. The van der Waals surface area contributed by atoms with Gasteiger partial charge in [0.25, 0.3) is 0 Å². The Morgan fingerprint density at radius 1 is 0.429 bits per heavy atom. The second kappa shape index (κ2) is 8.78. The molecule has 1 aliphatic heterocycles. The standard InChI is InChI=1S/C14H10FO.3C6H5.Sn/c15-13-14(16-13,11-7-3-1-4-8-11)12-9-5-2-6-10-12;3*1-2-4-6-5-3-1;/h1-10H;3*1-5H;. The molecule has 170 valence electrons. The van der Waals surface area contributed by atoms with Crippen molar-refractivity contribution in [2.45, 2.75) is 9.47 Å². The second-order valence-electron chi connectivity index (χ2n) is 8.96. The van der Waals surface area contributed by atoms with Crippen LogP contribution in [0.15, 0.2) is 152 Å². The Labute approximate surface area is 209 Å². The first-order chi connectivity index (χ1) is 17.2. The summed E-state index contributed by atoms with van der Waals surface area (Å²) in [5, 5.41) is 0. The van der Waals surface area contributed by atoms with Crippen molar-refractivity contribution in [2.24, 2.45) is 0 Å². The molecule has 0 spiro atoms. The average Bonchev–Trinajstić information content (AvgIpc) is 3.59. The van der Waals surface area contributed by atoms with Crippen molar-refractivity contribution >= 4 is 29.1 Å². The first kappa shape index (κ1) is 22.3. The van der Waals surface area contributed by atoms with E-state index in [4.69, 9.17) is 4.74 Å². The molecule has 1 fully saturated rings. The van der Waals surface area contributed by atoms with Gasteiger partial charge in [-0.3, -0.25) is 0 Å². The van der Waals surface area contributed by atoms with Crippen molar-refractivity contribution in [1.29, 1.82) is 0 Å². The van der Waals surface area contributed by atoms with Gasteiger partial charge in [0.2, 0.25) is 0 Å². The summed E-state index contributed by atoms with van der Waals surface area (Å²) >= 11 is -4.52. The van der Waals surface area contributed by atoms with Crippen molar-refractivity contribution in [2.75, 3.05) is 0 Å². The maximum absolute atomic E-state index is 18.4. The van der Waals surface area contributed by atoms with E-state index in [-0.39, 0.29) is 0 Å². The van der Waals surface area contributed by atoms with E-state index < -0.39 is 27.8 Å². The molecule has 1 nitrogen and oxygen atoms in total. The fourth-order valence-electron chi connectivity index (χ4n) is 5.65. The Balaban J connectivity index is 1.73. The third-order valence-corrected chi connectivity index (χ3v) is 21.5. The van der Waals surface area contributed by atoms with Gasteiger partial charge >= 0.3 is 211 Å². The Kier molecular flexibility index (Phi) is 5.58. The molecule has 1 aliphatic rings. The number of hydrogen-bond donors (Lipinski definition) is 0. The molecule has 0 N–H and O–H groups in total. The van der Waals surface area contributed by atoms with Crippen molar-refractivity contribution < 1.29 is 9.13 Å². The van der Waals surface area contributed by atoms with Gasteiger partial charge in [0.1, 0.15) is 0 Å². The summed E-state index contributed by atoms with van der Waals surface area (Å²) in [6, 6.07) is 50.4. The summed E-state index contributed by atoms with van der Waals surface area (Å²) in [7, 11) is 0. The number of benzene rings is 5. The molecule has 1 unspecified atom stereocenters. The molecular formula is C32H25FOSn. The fraction of sp³-hybridized carbons (Fsp3) is 0.0625. The van der Waals surface area contributed by atoms with Crippen molar-refractivity contribution in [3.05, 3.63) is 163 Å². The van der Waals surface area contributed by atoms with Gasteiger partial charge in [-0.05, 0) is 0 Å². The van der Waals surface area contributed by atoms with E-state index in [1.807, 2.05) is 115 Å². The zero-order valence-electron chi connectivity index (χ0n) is 19.2. The third kappa shape index (κ3) is 3.24. The zero-order chi connectivity index (χ0) is 23.8. The van der Waals surface area contributed by atoms with Crippen LogP contribution in [0, 0.1) is 0 Å². The predicted molar refractivity (Wildman–Crippen MR) is 143 cm³/mol. The molecule has 35 heavy (non-hydrogen) atoms.